The van der Waals surface area contributed by atoms with Gasteiger partial charge in [-0.05, 0) is 0 Å². The molecule has 0 spiro atoms. The van der Waals surface area contributed by atoms with Gasteiger partial charge in [-0.3, -0.25) is 14.5 Å². The first-order valence-corrected chi connectivity index (χ1v) is 5.82. The molecule has 1 heterocycles. The lowest BCUT2D eigenvalue weighted by Gasteiger charge is -2.12. The molecule has 1 aliphatic rings. The monoisotopic (exact) mass is 247 g/mol. The van der Waals surface area contributed by atoms with Crippen LogP contribution in [0, 0.1) is 0 Å². The zero-order valence-electron chi connectivity index (χ0n) is 8.51. The van der Waals surface area contributed by atoms with Gasteiger partial charge >= 0.3 is 12.0 Å². The predicted octanol–water partition coefficient (Wildman–Crippen LogP) is -1.32. The number of aliphatic carboxylic acids is 1. The fourth-order valence-corrected chi connectivity index (χ4v) is 1.98. The number of imide groups is 1. The van der Waals surface area contributed by atoms with E-state index in [0.717, 1.165) is 16.7 Å². The number of nitrogens with zero attached hydrogens (tertiary/aromatic N) is 1. The maximum atomic E-state index is 11.5. The molecule has 1 fully saturated rings. The number of hydrogen-bond acceptors (Lipinski definition) is 5. The van der Waals surface area contributed by atoms with Crippen LogP contribution < -0.4 is 11.1 Å². The van der Waals surface area contributed by atoms with Gasteiger partial charge in [-0.2, -0.15) is 0 Å². The second-order valence-corrected chi connectivity index (χ2v) is 4.27. The average Bonchev–Trinajstić information content (AvgIpc) is 2.64. The van der Waals surface area contributed by atoms with Crippen LogP contribution in [0.5, 0.6) is 0 Å². The topological polar surface area (TPSA) is 113 Å². The second-order valence-electron chi connectivity index (χ2n) is 3.24. The van der Waals surface area contributed by atoms with Gasteiger partial charge in [0.05, 0.1) is 5.75 Å². The molecule has 4 N–H and O–H groups in total. The predicted molar refractivity (Wildman–Crippen MR) is 58.0 cm³/mol. The van der Waals surface area contributed by atoms with Crippen molar-refractivity contribution in [1.29, 1.82) is 0 Å². The second kappa shape index (κ2) is 5.71. The largest absolute Gasteiger partial charge is 0.480 e. The van der Waals surface area contributed by atoms with E-state index in [1.165, 1.54) is 0 Å². The van der Waals surface area contributed by atoms with Crippen LogP contribution in [0.15, 0.2) is 0 Å². The van der Waals surface area contributed by atoms with Crippen molar-refractivity contribution in [2.24, 2.45) is 5.73 Å². The average molecular weight is 247 g/mol. The van der Waals surface area contributed by atoms with E-state index in [0.29, 0.717) is 13.1 Å². The highest BCUT2D eigenvalue weighted by Gasteiger charge is 2.25. The number of carboxylic acids is 1. The molecule has 0 aromatic carbocycles. The van der Waals surface area contributed by atoms with E-state index in [1.54, 1.807) is 0 Å². The molecule has 0 saturated carbocycles. The maximum Gasteiger partial charge on any atom is 0.324 e. The number of rotatable bonds is 5. The molecule has 7 nitrogen and oxygen atoms in total. The van der Waals surface area contributed by atoms with Crippen LogP contribution in [0.25, 0.3) is 0 Å². The zero-order valence-corrected chi connectivity index (χ0v) is 9.33. The number of carboxylic acid groups (broad SMARTS) is 1. The van der Waals surface area contributed by atoms with Crippen LogP contribution in [0.4, 0.5) is 4.79 Å². The summed E-state index contributed by atoms with van der Waals surface area (Å²) in [6.45, 7) is 0.826. The van der Waals surface area contributed by atoms with Crippen molar-refractivity contribution in [2.45, 2.75) is 6.04 Å². The molecule has 0 aliphatic carbocycles. The minimum Gasteiger partial charge on any atom is -0.480 e. The van der Waals surface area contributed by atoms with Gasteiger partial charge < -0.3 is 16.2 Å². The van der Waals surface area contributed by atoms with Crippen LogP contribution in [-0.4, -0.2) is 58.6 Å². The van der Waals surface area contributed by atoms with Crippen molar-refractivity contribution in [3.05, 3.63) is 0 Å². The number of hydrogen-bond donors (Lipinski definition) is 3. The number of urea groups is 1. The molecule has 0 aromatic rings. The van der Waals surface area contributed by atoms with Gasteiger partial charge in [0.25, 0.3) is 0 Å². The molecule has 1 rings (SSSR count). The highest BCUT2D eigenvalue weighted by Crippen LogP contribution is 2.06. The molecule has 1 saturated heterocycles. The Labute approximate surface area is 96.3 Å². The lowest BCUT2D eigenvalue weighted by atomic mass is 10.4. The standard InChI is InChI=1S/C8H13N3O4S/c9-5(7(13)14)3-16-4-6(12)11-2-1-10-8(11)15/h5H,1-4,9H2,(H,10,15)(H,13,14)/t5-/m1/s1. The number of amides is 3. The summed E-state index contributed by atoms with van der Waals surface area (Å²) in [6, 6.07) is -1.38. The first kappa shape index (κ1) is 12.8. The van der Waals surface area contributed by atoms with Gasteiger partial charge in [-0.25, -0.2) is 4.79 Å². The van der Waals surface area contributed by atoms with E-state index in [-0.39, 0.29) is 17.4 Å². The van der Waals surface area contributed by atoms with Gasteiger partial charge in [-0.15, -0.1) is 11.8 Å². The molecule has 3 amide bonds. The van der Waals surface area contributed by atoms with E-state index in [1.807, 2.05) is 0 Å². The number of nitrogens with one attached hydrogen (secondary N) is 1. The molecule has 0 aromatic heterocycles. The molecule has 8 heteroatoms. The molecular formula is C8H13N3O4S. The summed E-state index contributed by atoms with van der Waals surface area (Å²) in [6.07, 6.45) is 0. The Morgan fingerprint density at radius 3 is 2.81 bits per heavy atom. The van der Waals surface area contributed by atoms with E-state index in [9.17, 15) is 14.4 Å². The van der Waals surface area contributed by atoms with Crippen molar-refractivity contribution in [3.63, 3.8) is 0 Å². The first-order chi connectivity index (χ1) is 7.52. The lowest BCUT2D eigenvalue weighted by molar-refractivity contribution is -0.138. The Kier molecular flexibility index (Phi) is 4.56. The summed E-state index contributed by atoms with van der Waals surface area (Å²) in [4.78, 5) is 34.0. The highest BCUT2D eigenvalue weighted by molar-refractivity contribution is 8.00. The van der Waals surface area contributed by atoms with Crippen molar-refractivity contribution < 1.29 is 19.5 Å². The summed E-state index contributed by atoms with van der Waals surface area (Å²) >= 11 is 1.11. The van der Waals surface area contributed by atoms with Gasteiger partial charge in [0.2, 0.25) is 5.91 Å². The minimum atomic E-state index is -1.10. The number of carbonyl (C=O) groups is 3. The summed E-state index contributed by atoms with van der Waals surface area (Å²) < 4.78 is 0. The molecular weight excluding hydrogens is 234 g/mol. The molecule has 0 bridgehead atoms. The van der Waals surface area contributed by atoms with Crippen LogP contribution in [0.3, 0.4) is 0 Å². The Morgan fingerprint density at radius 2 is 2.31 bits per heavy atom. The smallest absolute Gasteiger partial charge is 0.324 e. The third-order valence-electron chi connectivity index (χ3n) is 2.00. The van der Waals surface area contributed by atoms with Crippen molar-refractivity contribution in [1.82, 2.24) is 10.2 Å². The fraction of sp³-hybridized carbons (Fsp3) is 0.625. The van der Waals surface area contributed by atoms with Crippen LogP contribution in [0.2, 0.25) is 0 Å². The van der Waals surface area contributed by atoms with E-state index >= 15 is 0 Å². The van der Waals surface area contributed by atoms with E-state index < -0.39 is 18.0 Å². The molecule has 1 aliphatic heterocycles. The van der Waals surface area contributed by atoms with Gasteiger partial charge in [-0.1, -0.05) is 0 Å². The van der Waals surface area contributed by atoms with E-state index in [2.05, 4.69) is 5.32 Å². The molecule has 0 unspecified atom stereocenters. The number of carbonyl (C=O) groups excluding carboxylic acids is 2. The maximum absolute atomic E-state index is 11.5. The van der Waals surface area contributed by atoms with Crippen molar-refractivity contribution in [3.8, 4) is 0 Å². The molecule has 90 valence electrons. The van der Waals surface area contributed by atoms with Gasteiger partial charge in [0, 0.05) is 18.8 Å². The Hall–Kier alpha value is -1.28. The SMILES string of the molecule is N[C@H](CSCC(=O)N1CCNC1=O)C(=O)O. The quantitative estimate of drug-likeness (QED) is 0.555. The van der Waals surface area contributed by atoms with Crippen LogP contribution >= 0.6 is 11.8 Å². The fourth-order valence-electron chi connectivity index (χ4n) is 1.13. The summed E-state index contributed by atoms with van der Waals surface area (Å²) in [5.74, 6) is -1.21. The molecule has 1 atom stereocenters. The molecule has 0 radical (unpaired) electrons. The minimum absolute atomic E-state index is 0.0639. The van der Waals surface area contributed by atoms with Crippen LogP contribution in [0.1, 0.15) is 0 Å². The summed E-state index contributed by atoms with van der Waals surface area (Å²) in [5.41, 5.74) is 5.26. The summed E-state index contributed by atoms with van der Waals surface area (Å²) in [5, 5.41) is 11.0. The van der Waals surface area contributed by atoms with E-state index in [4.69, 9.17) is 10.8 Å². The van der Waals surface area contributed by atoms with Crippen molar-refractivity contribution >= 4 is 29.7 Å². The number of thioether (sulfide) groups is 1. The van der Waals surface area contributed by atoms with Gasteiger partial charge in [0.1, 0.15) is 6.04 Å². The third-order valence-corrected chi connectivity index (χ3v) is 3.04. The summed E-state index contributed by atoms with van der Waals surface area (Å²) in [7, 11) is 0. The lowest BCUT2D eigenvalue weighted by Crippen LogP contribution is -2.37. The van der Waals surface area contributed by atoms with Crippen molar-refractivity contribution in [2.75, 3.05) is 24.6 Å². The highest BCUT2D eigenvalue weighted by atomic mass is 32.2. The Bertz CT molecular complexity index is 310. The third kappa shape index (κ3) is 3.38. The first-order valence-electron chi connectivity index (χ1n) is 4.66. The Morgan fingerprint density at radius 1 is 1.62 bits per heavy atom. The zero-order chi connectivity index (χ0) is 12.1. The molecule has 16 heavy (non-hydrogen) atoms. The van der Waals surface area contributed by atoms with Crippen LogP contribution in [-0.2, 0) is 9.59 Å². The van der Waals surface area contributed by atoms with Gasteiger partial charge in [0.15, 0.2) is 0 Å². The normalized spacial score (nSPS) is 17.1. The Balaban J connectivity index is 2.25. The number of nitrogens with two attached hydrogens (primary N) is 1.